The second-order valence-corrected chi connectivity index (χ2v) is 12.9. The number of aromatic nitrogens is 4. The van der Waals surface area contributed by atoms with Crippen LogP contribution in [0, 0.1) is 13.8 Å². The maximum Gasteiger partial charge on any atom is 0.212 e. The monoisotopic (exact) mass is 617 g/mol. The van der Waals surface area contributed by atoms with E-state index in [4.69, 9.17) is 23.6 Å². The number of ether oxygens (including phenoxy) is 3. The van der Waals surface area contributed by atoms with E-state index in [1.54, 1.807) is 23.0 Å². The molecule has 1 saturated heterocycles. The molecule has 0 unspecified atom stereocenters. The number of furan rings is 1. The van der Waals surface area contributed by atoms with E-state index in [1.807, 2.05) is 31.3 Å². The van der Waals surface area contributed by atoms with E-state index in [-0.39, 0.29) is 12.6 Å². The SMILES string of the molecule is COc1cc(OCc2nc(-c3ccc(CN4CCOC[C@H]4CO)cc3)sc2C)c2cc(-c3cn4nc(C)sc4n3)oc2c1. The zero-order valence-electron chi connectivity index (χ0n) is 24.1. The quantitative estimate of drug-likeness (QED) is 0.218. The summed E-state index contributed by atoms with van der Waals surface area (Å²) in [7, 11) is 1.63. The van der Waals surface area contributed by atoms with E-state index in [0.717, 1.165) is 49.6 Å². The van der Waals surface area contributed by atoms with Crippen LogP contribution in [0.3, 0.4) is 0 Å². The van der Waals surface area contributed by atoms with Crippen LogP contribution in [0.25, 0.3) is 38.0 Å². The second-order valence-electron chi connectivity index (χ2n) is 10.5. The Hall–Kier alpha value is -3.81. The molecule has 2 aromatic carbocycles. The molecule has 1 aliphatic rings. The molecule has 0 saturated carbocycles. The first-order valence-electron chi connectivity index (χ1n) is 14.0. The molecule has 0 radical (unpaired) electrons. The van der Waals surface area contributed by atoms with Gasteiger partial charge in [0.15, 0.2) is 5.76 Å². The number of aliphatic hydroxyl groups excluding tert-OH is 1. The van der Waals surface area contributed by atoms with Crippen LogP contribution in [-0.2, 0) is 17.9 Å². The Balaban J connectivity index is 1.09. The molecular formula is C31H31N5O5S2. The standard InChI is InChI=1S/C31H31N5O5S2/c1-18-26(32-30(42-18)21-6-4-20(5-7-21)13-35-8-9-39-16-22(35)15-37)17-40-27-10-23(38-3)11-28-24(27)12-29(41-28)25-14-36-31(33-25)43-19(2)34-36/h4-7,10-12,14,22,37H,8-9,13,15-17H2,1-3H3/t22-/m1/s1. The smallest absolute Gasteiger partial charge is 0.212 e. The highest BCUT2D eigenvalue weighted by Gasteiger charge is 2.22. The minimum absolute atomic E-state index is 0.0432. The average molecular weight is 618 g/mol. The van der Waals surface area contributed by atoms with Crippen LogP contribution in [0.15, 0.2) is 53.1 Å². The summed E-state index contributed by atoms with van der Waals surface area (Å²) in [5.41, 5.74) is 4.52. The van der Waals surface area contributed by atoms with Crippen LogP contribution in [-0.4, -0.2) is 69.1 Å². The van der Waals surface area contributed by atoms with E-state index in [1.165, 1.54) is 16.9 Å². The van der Waals surface area contributed by atoms with Gasteiger partial charge in [-0.2, -0.15) is 5.10 Å². The third kappa shape index (κ3) is 5.64. The van der Waals surface area contributed by atoms with Gasteiger partial charge in [-0.15, -0.1) is 11.3 Å². The molecule has 10 nitrogen and oxygen atoms in total. The van der Waals surface area contributed by atoms with Gasteiger partial charge in [0, 0.05) is 35.7 Å². The summed E-state index contributed by atoms with van der Waals surface area (Å²) in [4.78, 5) is 13.8. The topological polar surface area (TPSA) is 107 Å². The third-order valence-electron chi connectivity index (χ3n) is 7.61. The molecule has 5 heterocycles. The zero-order valence-corrected chi connectivity index (χ0v) is 25.7. The molecule has 7 rings (SSSR count). The fourth-order valence-corrected chi connectivity index (χ4v) is 6.90. The Morgan fingerprint density at radius 3 is 2.74 bits per heavy atom. The molecular weight excluding hydrogens is 587 g/mol. The maximum atomic E-state index is 9.67. The van der Waals surface area contributed by atoms with Gasteiger partial charge in [-0.3, -0.25) is 4.90 Å². The Morgan fingerprint density at radius 1 is 1.09 bits per heavy atom. The number of morpholine rings is 1. The van der Waals surface area contributed by atoms with Crippen molar-refractivity contribution in [2.75, 3.05) is 33.5 Å². The highest BCUT2D eigenvalue weighted by atomic mass is 32.1. The summed E-state index contributed by atoms with van der Waals surface area (Å²) in [6.45, 7) is 7.31. The number of thiazole rings is 1. The second kappa shape index (κ2) is 11.7. The van der Waals surface area contributed by atoms with Crippen molar-refractivity contribution >= 4 is 38.6 Å². The molecule has 1 N–H and O–H groups in total. The summed E-state index contributed by atoms with van der Waals surface area (Å²) in [5.74, 6) is 1.94. The third-order valence-corrected chi connectivity index (χ3v) is 9.51. The van der Waals surface area contributed by atoms with Gasteiger partial charge in [-0.1, -0.05) is 35.6 Å². The minimum Gasteiger partial charge on any atom is -0.496 e. The van der Waals surface area contributed by atoms with Crippen molar-refractivity contribution in [2.24, 2.45) is 0 Å². The Morgan fingerprint density at radius 2 is 1.95 bits per heavy atom. The molecule has 222 valence electrons. The lowest BCUT2D eigenvalue weighted by Crippen LogP contribution is -2.46. The first-order valence-corrected chi connectivity index (χ1v) is 15.7. The van der Waals surface area contributed by atoms with E-state index >= 15 is 0 Å². The van der Waals surface area contributed by atoms with Gasteiger partial charge in [-0.05, 0) is 25.5 Å². The number of benzene rings is 2. The van der Waals surface area contributed by atoms with Crippen LogP contribution in [0.4, 0.5) is 0 Å². The van der Waals surface area contributed by atoms with Crippen molar-refractivity contribution in [3.05, 3.63) is 69.8 Å². The first-order chi connectivity index (χ1) is 21.0. The van der Waals surface area contributed by atoms with Gasteiger partial charge in [0.05, 0.1) is 50.2 Å². The predicted molar refractivity (Wildman–Crippen MR) is 166 cm³/mol. The van der Waals surface area contributed by atoms with Gasteiger partial charge >= 0.3 is 0 Å². The summed E-state index contributed by atoms with van der Waals surface area (Å²) in [6, 6.07) is 14.2. The van der Waals surface area contributed by atoms with E-state index in [0.29, 0.717) is 48.4 Å². The van der Waals surface area contributed by atoms with Crippen LogP contribution in [0.2, 0.25) is 0 Å². The van der Waals surface area contributed by atoms with Crippen molar-refractivity contribution in [3.8, 4) is 33.5 Å². The predicted octanol–water partition coefficient (Wildman–Crippen LogP) is 5.73. The molecule has 0 bridgehead atoms. The molecule has 12 heteroatoms. The van der Waals surface area contributed by atoms with Crippen LogP contribution in [0.5, 0.6) is 11.5 Å². The normalized spacial score (nSPS) is 16.0. The van der Waals surface area contributed by atoms with Gasteiger partial charge in [0.25, 0.3) is 0 Å². The number of methoxy groups -OCH3 is 1. The van der Waals surface area contributed by atoms with Crippen LogP contribution >= 0.6 is 22.7 Å². The maximum absolute atomic E-state index is 9.67. The molecule has 1 aliphatic heterocycles. The van der Waals surface area contributed by atoms with Gasteiger partial charge in [0.2, 0.25) is 4.96 Å². The number of nitrogens with zero attached hydrogens (tertiary/aromatic N) is 5. The number of imidazole rings is 1. The first kappa shape index (κ1) is 28.0. The van der Waals surface area contributed by atoms with Gasteiger partial charge < -0.3 is 23.7 Å². The summed E-state index contributed by atoms with van der Waals surface area (Å²) >= 11 is 3.19. The average Bonchev–Trinajstić information content (AvgIpc) is 3.79. The molecule has 0 spiro atoms. The number of hydrogen-bond donors (Lipinski definition) is 1. The van der Waals surface area contributed by atoms with Gasteiger partial charge in [0.1, 0.15) is 39.4 Å². The van der Waals surface area contributed by atoms with Crippen LogP contribution < -0.4 is 9.47 Å². The minimum atomic E-state index is 0.0432. The summed E-state index contributed by atoms with van der Waals surface area (Å²) < 4.78 is 25.3. The van der Waals surface area contributed by atoms with E-state index < -0.39 is 0 Å². The molecule has 43 heavy (non-hydrogen) atoms. The van der Waals surface area contributed by atoms with Crippen molar-refractivity contribution < 1.29 is 23.7 Å². The van der Waals surface area contributed by atoms with Crippen molar-refractivity contribution in [1.82, 2.24) is 24.5 Å². The van der Waals surface area contributed by atoms with E-state index in [9.17, 15) is 5.11 Å². The number of fused-ring (bicyclic) bond motifs is 2. The van der Waals surface area contributed by atoms with Crippen molar-refractivity contribution in [2.45, 2.75) is 33.0 Å². The Bertz CT molecular complexity index is 1860. The molecule has 4 aromatic heterocycles. The molecule has 0 aliphatic carbocycles. The molecule has 6 aromatic rings. The number of aryl methyl sites for hydroxylation is 2. The number of aliphatic hydroxyl groups is 1. The van der Waals surface area contributed by atoms with Crippen molar-refractivity contribution in [1.29, 1.82) is 0 Å². The summed E-state index contributed by atoms with van der Waals surface area (Å²) in [6.07, 6.45) is 1.87. The lowest BCUT2D eigenvalue weighted by molar-refractivity contribution is -0.0312. The lowest BCUT2D eigenvalue weighted by atomic mass is 10.1. The fourth-order valence-electron chi connectivity index (χ4n) is 5.25. The molecule has 0 amide bonds. The Kier molecular flexibility index (Phi) is 7.62. The lowest BCUT2D eigenvalue weighted by Gasteiger charge is -2.34. The summed E-state index contributed by atoms with van der Waals surface area (Å²) in [5, 5.41) is 16.9. The van der Waals surface area contributed by atoms with Gasteiger partial charge in [-0.25, -0.2) is 14.5 Å². The largest absolute Gasteiger partial charge is 0.496 e. The molecule has 1 fully saturated rings. The van der Waals surface area contributed by atoms with Crippen LogP contribution in [0.1, 0.15) is 21.1 Å². The van der Waals surface area contributed by atoms with E-state index in [2.05, 4.69) is 46.2 Å². The zero-order chi connectivity index (χ0) is 29.5. The highest BCUT2D eigenvalue weighted by molar-refractivity contribution is 7.16. The Labute approximate surface area is 256 Å². The highest BCUT2D eigenvalue weighted by Crippen LogP contribution is 2.38. The number of hydrogen-bond acceptors (Lipinski definition) is 11. The van der Waals surface area contributed by atoms with Crippen molar-refractivity contribution in [3.63, 3.8) is 0 Å². The fraction of sp³-hybridized carbons (Fsp3) is 0.323. The number of rotatable bonds is 9. The molecule has 1 atom stereocenters.